The van der Waals surface area contributed by atoms with E-state index >= 15 is 0 Å². The molecule has 1 aromatic rings. The standard InChI is InChI=1S/C13H21N3O2/c1-2-12(18-11-6-4-3-5-7-11)13(17)16-10-8-14-15-9-10/h8-9,11-12H,2-7H2,1H3,(H,14,15)(H,16,17)/t12-/m0/s1. The molecule has 1 heterocycles. The predicted octanol–water partition coefficient (Wildman–Crippen LogP) is 2.48. The molecule has 5 heteroatoms. The van der Waals surface area contributed by atoms with E-state index in [1.807, 2.05) is 6.92 Å². The maximum atomic E-state index is 12.0. The molecule has 0 radical (unpaired) electrons. The SMILES string of the molecule is CC[C@H](OC1CCCCC1)C(=O)Nc1cn[nH]c1. The zero-order valence-corrected chi connectivity index (χ0v) is 10.8. The Bertz CT molecular complexity index is 358. The van der Waals surface area contributed by atoms with E-state index in [4.69, 9.17) is 4.74 Å². The van der Waals surface area contributed by atoms with Crippen LogP contribution >= 0.6 is 0 Å². The Hall–Kier alpha value is -1.36. The second-order valence-corrected chi connectivity index (χ2v) is 4.77. The van der Waals surface area contributed by atoms with E-state index in [1.165, 1.54) is 19.3 Å². The molecular formula is C13H21N3O2. The van der Waals surface area contributed by atoms with Crippen molar-refractivity contribution in [2.24, 2.45) is 0 Å². The number of nitrogens with zero attached hydrogens (tertiary/aromatic N) is 1. The maximum absolute atomic E-state index is 12.0. The first kappa shape index (κ1) is 13.1. The van der Waals surface area contributed by atoms with Crippen LogP contribution in [-0.4, -0.2) is 28.3 Å². The average Bonchev–Trinajstić information content (AvgIpc) is 2.90. The van der Waals surface area contributed by atoms with Crippen molar-refractivity contribution in [1.82, 2.24) is 10.2 Å². The molecule has 1 aliphatic rings. The van der Waals surface area contributed by atoms with Gasteiger partial charge in [-0.05, 0) is 19.3 Å². The molecule has 2 rings (SSSR count). The minimum atomic E-state index is -0.358. The lowest BCUT2D eigenvalue weighted by Crippen LogP contribution is -2.34. The molecule has 1 saturated carbocycles. The van der Waals surface area contributed by atoms with Gasteiger partial charge in [0.25, 0.3) is 5.91 Å². The van der Waals surface area contributed by atoms with Crippen LogP contribution in [0.15, 0.2) is 12.4 Å². The molecule has 1 fully saturated rings. The average molecular weight is 251 g/mol. The normalized spacial score (nSPS) is 18.5. The van der Waals surface area contributed by atoms with Crippen molar-refractivity contribution in [3.05, 3.63) is 12.4 Å². The fourth-order valence-electron chi connectivity index (χ4n) is 2.32. The molecule has 0 unspecified atom stereocenters. The van der Waals surface area contributed by atoms with E-state index < -0.39 is 0 Å². The predicted molar refractivity (Wildman–Crippen MR) is 69.3 cm³/mol. The number of aromatic nitrogens is 2. The lowest BCUT2D eigenvalue weighted by atomic mass is 9.97. The number of hydrogen-bond acceptors (Lipinski definition) is 3. The summed E-state index contributed by atoms with van der Waals surface area (Å²) in [7, 11) is 0. The lowest BCUT2D eigenvalue weighted by Gasteiger charge is -2.26. The van der Waals surface area contributed by atoms with Gasteiger partial charge in [-0.2, -0.15) is 5.10 Å². The molecule has 0 aromatic carbocycles. The Labute approximate surface area is 107 Å². The van der Waals surface area contributed by atoms with Crippen LogP contribution in [0.25, 0.3) is 0 Å². The second-order valence-electron chi connectivity index (χ2n) is 4.77. The minimum Gasteiger partial charge on any atom is -0.365 e. The van der Waals surface area contributed by atoms with Crippen LogP contribution in [0, 0.1) is 0 Å². The first-order chi connectivity index (χ1) is 8.79. The molecule has 2 N–H and O–H groups in total. The Morgan fingerprint density at radius 1 is 1.56 bits per heavy atom. The number of H-pyrrole nitrogens is 1. The van der Waals surface area contributed by atoms with E-state index in [9.17, 15) is 4.79 Å². The monoisotopic (exact) mass is 251 g/mol. The first-order valence-corrected chi connectivity index (χ1v) is 6.74. The van der Waals surface area contributed by atoms with Crippen molar-refractivity contribution in [2.75, 3.05) is 5.32 Å². The molecule has 0 aliphatic heterocycles. The van der Waals surface area contributed by atoms with Gasteiger partial charge < -0.3 is 10.1 Å². The van der Waals surface area contributed by atoms with Crippen molar-refractivity contribution < 1.29 is 9.53 Å². The fourth-order valence-corrected chi connectivity index (χ4v) is 2.32. The van der Waals surface area contributed by atoms with Crippen LogP contribution in [0.4, 0.5) is 5.69 Å². The summed E-state index contributed by atoms with van der Waals surface area (Å²) in [6.07, 6.45) is 9.70. The highest BCUT2D eigenvalue weighted by Crippen LogP contribution is 2.22. The summed E-state index contributed by atoms with van der Waals surface area (Å²) in [4.78, 5) is 12.0. The van der Waals surface area contributed by atoms with Gasteiger partial charge in [-0.1, -0.05) is 26.2 Å². The molecule has 1 amide bonds. The van der Waals surface area contributed by atoms with Crippen molar-refractivity contribution in [3.8, 4) is 0 Å². The van der Waals surface area contributed by atoms with Crippen LogP contribution in [0.1, 0.15) is 45.4 Å². The zero-order valence-electron chi connectivity index (χ0n) is 10.8. The Kier molecular flexibility index (Phi) is 4.75. The van der Waals surface area contributed by atoms with Gasteiger partial charge in [0.1, 0.15) is 6.10 Å². The van der Waals surface area contributed by atoms with Gasteiger partial charge in [-0.3, -0.25) is 9.89 Å². The molecule has 100 valence electrons. The third-order valence-electron chi connectivity index (χ3n) is 3.34. The van der Waals surface area contributed by atoms with Crippen molar-refractivity contribution in [1.29, 1.82) is 0 Å². The molecule has 0 spiro atoms. The molecule has 18 heavy (non-hydrogen) atoms. The van der Waals surface area contributed by atoms with Crippen LogP contribution < -0.4 is 5.32 Å². The van der Waals surface area contributed by atoms with Crippen LogP contribution in [0.5, 0.6) is 0 Å². The van der Waals surface area contributed by atoms with Crippen LogP contribution in [0.3, 0.4) is 0 Å². The van der Waals surface area contributed by atoms with Crippen LogP contribution in [0.2, 0.25) is 0 Å². The number of carbonyl (C=O) groups excluding carboxylic acids is 1. The molecule has 0 bridgehead atoms. The van der Waals surface area contributed by atoms with Gasteiger partial charge in [0.05, 0.1) is 18.0 Å². The molecule has 0 saturated heterocycles. The zero-order chi connectivity index (χ0) is 12.8. The number of carbonyl (C=O) groups is 1. The highest BCUT2D eigenvalue weighted by molar-refractivity contribution is 5.93. The van der Waals surface area contributed by atoms with Gasteiger partial charge in [0.15, 0.2) is 0 Å². The Morgan fingerprint density at radius 2 is 2.33 bits per heavy atom. The summed E-state index contributed by atoms with van der Waals surface area (Å²) in [5.41, 5.74) is 0.686. The molecule has 1 aromatic heterocycles. The molecule has 1 atom stereocenters. The number of amides is 1. The number of anilines is 1. The fraction of sp³-hybridized carbons (Fsp3) is 0.692. The largest absolute Gasteiger partial charge is 0.365 e. The summed E-state index contributed by atoms with van der Waals surface area (Å²) in [5, 5.41) is 9.27. The number of ether oxygens (including phenoxy) is 1. The highest BCUT2D eigenvalue weighted by atomic mass is 16.5. The van der Waals surface area contributed by atoms with Gasteiger partial charge in [0.2, 0.25) is 0 Å². The van der Waals surface area contributed by atoms with Crippen molar-refractivity contribution >= 4 is 11.6 Å². The summed E-state index contributed by atoms with van der Waals surface area (Å²) in [6.45, 7) is 1.97. The Morgan fingerprint density at radius 3 is 2.94 bits per heavy atom. The van der Waals surface area contributed by atoms with E-state index in [2.05, 4.69) is 15.5 Å². The van der Waals surface area contributed by atoms with E-state index in [-0.39, 0.29) is 18.1 Å². The van der Waals surface area contributed by atoms with E-state index in [1.54, 1.807) is 12.4 Å². The van der Waals surface area contributed by atoms with Gasteiger partial charge in [0, 0.05) is 6.20 Å². The van der Waals surface area contributed by atoms with Crippen molar-refractivity contribution in [3.63, 3.8) is 0 Å². The summed E-state index contributed by atoms with van der Waals surface area (Å²) >= 11 is 0. The quantitative estimate of drug-likeness (QED) is 0.844. The number of nitrogens with one attached hydrogen (secondary N) is 2. The van der Waals surface area contributed by atoms with Gasteiger partial charge in [-0.15, -0.1) is 0 Å². The van der Waals surface area contributed by atoms with E-state index in [0.29, 0.717) is 12.1 Å². The topological polar surface area (TPSA) is 67.0 Å². The number of aromatic amines is 1. The summed E-state index contributed by atoms with van der Waals surface area (Å²) < 4.78 is 5.91. The molecule has 1 aliphatic carbocycles. The molecular weight excluding hydrogens is 230 g/mol. The first-order valence-electron chi connectivity index (χ1n) is 6.74. The maximum Gasteiger partial charge on any atom is 0.253 e. The third-order valence-corrected chi connectivity index (χ3v) is 3.34. The van der Waals surface area contributed by atoms with Crippen molar-refractivity contribution in [2.45, 2.75) is 57.7 Å². The Balaban J connectivity index is 1.85. The number of rotatable bonds is 5. The second kappa shape index (κ2) is 6.54. The molecule has 5 nitrogen and oxygen atoms in total. The smallest absolute Gasteiger partial charge is 0.253 e. The minimum absolute atomic E-state index is 0.0792. The van der Waals surface area contributed by atoms with Gasteiger partial charge in [-0.25, -0.2) is 0 Å². The highest BCUT2D eigenvalue weighted by Gasteiger charge is 2.23. The third kappa shape index (κ3) is 3.57. The number of hydrogen-bond donors (Lipinski definition) is 2. The van der Waals surface area contributed by atoms with Crippen LogP contribution in [-0.2, 0) is 9.53 Å². The van der Waals surface area contributed by atoms with Gasteiger partial charge >= 0.3 is 0 Å². The summed E-state index contributed by atoms with van der Waals surface area (Å²) in [6, 6.07) is 0. The van der Waals surface area contributed by atoms with E-state index in [0.717, 1.165) is 12.8 Å². The lowest BCUT2D eigenvalue weighted by molar-refractivity contribution is -0.132. The summed E-state index contributed by atoms with van der Waals surface area (Å²) in [5.74, 6) is -0.0792.